The minimum absolute atomic E-state index is 0.885. The molecule has 0 heterocycles. The van der Waals surface area contributed by atoms with Crippen molar-refractivity contribution in [3.8, 4) is 0 Å². The van der Waals surface area contributed by atoms with E-state index < -0.39 is 10.8 Å². The number of hydrogen-bond acceptors (Lipinski definition) is 2. The molecule has 0 aliphatic heterocycles. The van der Waals surface area contributed by atoms with E-state index in [0.717, 1.165) is 9.80 Å². The molecule has 0 N–H and O–H groups in total. The Bertz CT molecular complexity index is 352. The average molecular weight is 226 g/mol. The van der Waals surface area contributed by atoms with Gasteiger partial charge in [-0.25, -0.2) is 0 Å². The van der Waals surface area contributed by atoms with Gasteiger partial charge in [-0.2, -0.15) is 0 Å². The Balaban J connectivity index is 2.95. The van der Waals surface area contributed by atoms with Crippen LogP contribution < -0.4 is 0 Å². The summed E-state index contributed by atoms with van der Waals surface area (Å²) in [5, 5.41) is 0. The smallest absolute Gasteiger partial charge is 0.0716 e. The van der Waals surface area contributed by atoms with Gasteiger partial charge in [0.2, 0.25) is 0 Å². The van der Waals surface area contributed by atoms with Crippen LogP contribution in [0.4, 0.5) is 0 Å². The van der Waals surface area contributed by atoms with Crippen LogP contribution in [0.15, 0.2) is 28.5 Å². The second-order valence-corrected chi connectivity index (χ2v) is 5.49. The van der Waals surface area contributed by atoms with E-state index in [9.17, 15) is 4.21 Å². The van der Waals surface area contributed by atoms with Crippen molar-refractivity contribution in [1.82, 2.24) is 0 Å². The molecule has 1 rings (SSSR count). The third-order valence-electron chi connectivity index (χ3n) is 1.85. The summed E-state index contributed by atoms with van der Waals surface area (Å²) in [7, 11) is -0.885. The van der Waals surface area contributed by atoms with Crippen LogP contribution in [0.25, 0.3) is 6.08 Å². The lowest BCUT2D eigenvalue weighted by Crippen LogP contribution is -1.86. The maximum Gasteiger partial charge on any atom is 0.0716 e. The zero-order chi connectivity index (χ0) is 10.6. The van der Waals surface area contributed by atoms with Gasteiger partial charge in [0.05, 0.1) is 15.0 Å². The summed E-state index contributed by atoms with van der Waals surface area (Å²) >= 11 is 1.54. The lowest BCUT2D eigenvalue weighted by atomic mass is 10.1. The summed E-state index contributed by atoms with van der Waals surface area (Å²) in [4.78, 5) is 0. The second-order valence-electron chi connectivity index (χ2n) is 3.03. The van der Waals surface area contributed by atoms with E-state index in [1.807, 2.05) is 24.5 Å². The Morgan fingerprint density at radius 3 is 2.36 bits per heavy atom. The highest BCUT2D eigenvalue weighted by Crippen LogP contribution is 2.19. The summed E-state index contributed by atoms with van der Waals surface area (Å²) < 4.78 is 12.2. The SMILES string of the molecule is CS/C(=C/c1ccc(C)cc1)S(C)=O. The van der Waals surface area contributed by atoms with E-state index >= 15 is 0 Å². The molecular weight excluding hydrogens is 212 g/mol. The number of aryl methyl sites for hydroxylation is 1. The molecular formula is C11H14OS2. The molecule has 0 bridgehead atoms. The van der Waals surface area contributed by atoms with Gasteiger partial charge in [0, 0.05) is 6.26 Å². The van der Waals surface area contributed by atoms with Crippen molar-refractivity contribution in [3.05, 3.63) is 39.6 Å². The second kappa shape index (κ2) is 5.37. The van der Waals surface area contributed by atoms with Crippen molar-refractivity contribution in [2.24, 2.45) is 0 Å². The molecule has 0 amide bonds. The Morgan fingerprint density at radius 2 is 1.93 bits per heavy atom. The van der Waals surface area contributed by atoms with Gasteiger partial charge in [0.15, 0.2) is 0 Å². The molecule has 0 saturated heterocycles. The van der Waals surface area contributed by atoms with Gasteiger partial charge in [0.25, 0.3) is 0 Å². The highest BCUT2D eigenvalue weighted by Gasteiger charge is 1.99. The van der Waals surface area contributed by atoms with Crippen molar-refractivity contribution >= 4 is 28.6 Å². The maximum atomic E-state index is 11.3. The number of hydrogen-bond donors (Lipinski definition) is 0. The normalized spacial score (nSPS) is 14.1. The number of thioether (sulfide) groups is 1. The van der Waals surface area contributed by atoms with Crippen LogP contribution in [-0.2, 0) is 10.8 Å². The van der Waals surface area contributed by atoms with E-state index in [0.29, 0.717) is 0 Å². The van der Waals surface area contributed by atoms with Crippen LogP contribution in [0.1, 0.15) is 11.1 Å². The predicted molar refractivity (Wildman–Crippen MR) is 66.7 cm³/mol. The lowest BCUT2D eigenvalue weighted by molar-refractivity contribution is 0.691. The Kier molecular flexibility index (Phi) is 4.42. The first-order valence-electron chi connectivity index (χ1n) is 4.29. The molecule has 0 aliphatic rings. The molecule has 14 heavy (non-hydrogen) atoms. The van der Waals surface area contributed by atoms with Crippen molar-refractivity contribution in [3.63, 3.8) is 0 Å². The van der Waals surface area contributed by atoms with Gasteiger partial charge in [-0.15, -0.1) is 11.8 Å². The molecule has 0 saturated carbocycles. The van der Waals surface area contributed by atoms with Crippen molar-refractivity contribution in [2.45, 2.75) is 6.92 Å². The zero-order valence-electron chi connectivity index (χ0n) is 8.61. The topological polar surface area (TPSA) is 17.1 Å². The molecule has 1 aromatic rings. The van der Waals surface area contributed by atoms with E-state index in [2.05, 4.69) is 19.1 Å². The summed E-state index contributed by atoms with van der Waals surface area (Å²) in [6.07, 6.45) is 5.62. The molecule has 76 valence electrons. The maximum absolute atomic E-state index is 11.3. The monoisotopic (exact) mass is 226 g/mol. The van der Waals surface area contributed by atoms with E-state index in [4.69, 9.17) is 0 Å². The quantitative estimate of drug-likeness (QED) is 0.788. The molecule has 1 nitrogen and oxygen atoms in total. The number of benzene rings is 1. The van der Waals surface area contributed by atoms with Crippen LogP contribution in [0.5, 0.6) is 0 Å². The summed E-state index contributed by atoms with van der Waals surface area (Å²) in [6.45, 7) is 2.06. The van der Waals surface area contributed by atoms with Gasteiger partial charge >= 0.3 is 0 Å². The summed E-state index contributed by atoms with van der Waals surface area (Å²) in [5.41, 5.74) is 2.35. The molecule has 0 radical (unpaired) electrons. The fourth-order valence-electron chi connectivity index (χ4n) is 1.06. The first-order chi connectivity index (χ1) is 6.63. The van der Waals surface area contributed by atoms with Crippen LogP contribution in [0.2, 0.25) is 0 Å². The van der Waals surface area contributed by atoms with Crippen LogP contribution in [-0.4, -0.2) is 16.7 Å². The average Bonchev–Trinajstić information content (AvgIpc) is 2.16. The lowest BCUT2D eigenvalue weighted by Gasteiger charge is -2.00. The molecule has 1 atom stereocenters. The highest BCUT2D eigenvalue weighted by atomic mass is 32.2. The summed E-state index contributed by atoms with van der Waals surface area (Å²) in [5.74, 6) is 0. The Labute approximate surface area is 92.1 Å². The molecule has 0 aliphatic carbocycles. The molecule has 1 unspecified atom stereocenters. The van der Waals surface area contributed by atoms with Crippen LogP contribution in [0, 0.1) is 6.92 Å². The predicted octanol–water partition coefficient (Wildman–Crippen LogP) is 3.03. The van der Waals surface area contributed by atoms with E-state index in [-0.39, 0.29) is 0 Å². The van der Waals surface area contributed by atoms with E-state index in [1.165, 1.54) is 17.3 Å². The van der Waals surface area contributed by atoms with Crippen molar-refractivity contribution < 1.29 is 4.21 Å². The van der Waals surface area contributed by atoms with Gasteiger partial charge < -0.3 is 0 Å². The third-order valence-corrected chi connectivity index (χ3v) is 4.26. The largest absolute Gasteiger partial charge is 0.254 e. The molecule has 0 aromatic heterocycles. The first-order valence-corrected chi connectivity index (χ1v) is 7.07. The minimum atomic E-state index is -0.885. The molecule has 0 fully saturated rings. The molecule has 3 heteroatoms. The standard InChI is InChI=1S/C11H14OS2/c1-9-4-6-10(7-5-9)8-11(13-2)14(3)12/h4-8H,1-3H3/b11-8-. The van der Waals surface area contributed by atoms with Crippen LogP contribution in [0.3, 0.4) is 0 Å². The fraction of sp³-hybridized carbons (Fsp3) is 0.273. The zero-order valence-corrected chi connectivity index (χ0v) is 10.2. The summed E-state index contributed by atoms with van der Waals surface area (Å²) in [6, 6.07) is 8.20. The Morgan fingerprint density at radius 1 is 1.36 bits per heavy atom. The van der Waals surface area contributed by atoms with Crippen LogP contribution >= 0.6 is 11.8 Å². The first kappa shape index (κ1) is 11.5. The molecule has 1 aromatic carbocycles. The highest BCUT2D eigenvalue weighted by molar-refractivity contribution is 8.16. The Hall–Kier alpha value is -0.540. The van der Waals surface area contributed by atoms with Gasteiger partial charge in [-0.05, 0) is 24.8 Å². The van der Waals surface area contributed by atoms with Crippen molar-refractivity contribution in [1.29, 1.82) is 0 Å². The number of rotatable bonds is 3. The van der Waals surface area contributed by atoms with Gasteiger partial charge in [0.1, 0.15) is 0 Å². The molecule has 0 spiro atoms. The van der Waals surface area contributed by atoms with Gasteiger partial charge in [-0.1, -0.05) is 29.8 Å². The van der Waals surface area contributed by atoms with E-state index in [1.54, 1.807) is 6.26 Å². The minimum Gasteiger partial charge on any atom is -0.254 e. The third kappa shape index (κ3) is 3.31. The van der Waals surface area contributed by atoms with Crippen molar-refractivity contribution in [2.75, 3.05) is 12.5 Å². The fourth-order valence-corrected chi connectivity index (χ4v) is 2.55. The van der Waals surface area contributed by atoms with Gasteiger partial charge in [-0.3, -0.25) is 4.21 Å².